The zero-order chi connectivity index (χ0) is 13.0. The summed E-state index contributed by atoms with van der Waals surface area (Å²) in [6, 6.07) is 0. The zero-order valence-corrected chi connectivity index (χ0v) is 10.7. The molecule has 1 aliphatic heterocycles. The molecule has 2 aliphatic rings. The van der Waals surface area contributed by atoms with Gasteiger partial charge in [-0.25, -0.2) is 0 Å². The van der Waals surface area contributed by atoms with Crippen LogP contribution in [0.1, 0.15) is 25.7 Å². The summed E-state index contributed by atoms with van der Waals surface area (Å²) in [5.41, 5.74) is 0. The van der Waals surface area contributed by atoms with E-state index in [9.17, 15) is 10.2 Å². The van der Waals surface area contributed by atoms with Gasteiger partial charge in [-0.2, -0.15) is 0 Å². The first-order valence-electron chi connectivity index (χ1n) is 6.88. The first kappa shape index (κ1) is 14.2. The van der Waals surface area contributed by atoms with Gasteiger partial charge in [0, 0.05) is 12.5 Å². The third-order valence-electron chi connectivity index (χ3n) is 4.15. The predicted octanol–water partition coefficient (Wildman–Crippen LogP) is -0.0777. The molecule has 0 spiro atoms. The van der Waals surface area contributed by atoms with Crippen LogP contribution in [-0.2, 0) is 9.47 Å². The standard InChI is InChI=1S/C13H24O5/c14-6-11-13(16)12(15)10(8-18-11)7-17-5-4-9-2-1-3-9/h9-16H,1-8H2/t10-,11-,12-,13+/m1/s1. The quantitative estimate of drug-likeness (QED) is 0.582. The molecule has 0 aromatic heterocycles. The molecule has 1 heterocycles. The minimum Gasteiger partial charge on any atom is -0.394 e. The van der Waals surface area contributed by atoms with Crippen molar-refractivity contribution in [3.05, 3.63) is 0 Å². The van der Waals surface area contributed by atoms with Crippen LogP contribution >= 0.6 is 0 Å². The molecular weight excluding hydrogens is 236 g/mol. The van der Waals surface area contributed by atoms with E-state index < -0.39 is 18.3 Å². The average Bonchev–Trinajstić information content (AvgIpc) is 2.32. The molecule has 5 heteroatoms. The van der Waals surface area contributed by atoms with Gasteiger partial charge in [-0.05, 0) is 12.3 Å². The predicted molar refractivity (Wildman–Crippen MR) is 65.1 cm³/mol. The second-order valence-electron chi connectivity index (χ2n) is 5.46. The molecule has 2 rings (SSSR count). The molecule has 1 saturated heterocycles. The number of rotatable bonds is 6. The van der Waals surface area contributed by atoms with Crippen molar-refractivity contribution in [3.63, 3.8) is 0 Å². The molecule has 2 fully saturated rings. The Hall–Kier alpha value is -0.200. The highest BCUT2D eigenvalue weighted by Gasteiger charge is 2.37. The van der Waals surface area contributed by atoms with Crippen LogP contribution in [0.4, 0.5) is 0 Å². The Morgan fingerprint density at radius 2 is 1.94 bits per heavy atom. The van der Waals surface area contributed by atoms with Crippen LogP contribution in [0.25, 0.3) is 0 Å². The van der Waals surface area contributed by atoms with Crippen molar-refractivity contribution < 1.29 is 24.8 Å². The Morgan fingerprint density at radius 1 is 1.17 bits per heavy atom. The molecular formula is C13H24O5. The Balaban J connectivity index is 1.63. The maximum atomic E-state index is 9.88. The van der Waals surface area contributed by atoms with Gasteiger partial charge in [0.2, 0.25) is 0 Å². The van der Waals surface area contributed by atoms with Gasteiger partial charge >= 0.3 is 0 Å². The van der Waals surface area contributed by atoms with E-state index in [4.69, 9.17) is 14.6 Å². The Labute approximate surface area is 108 Å². The Kier molecular flexibility index (Phi) is 5.38. The van der Waals surface area contributed by atoms with Crippen LogP contribution in [-0.4, -0.2) is 60.1 Å². The van der Waals surface area contributed by atoms with Gasteiger partial charge in [0.15, 0.2) is 0 Å². The lowest BCUT2D eigenvalue weighted by molar-refractivity contribution is -0.184. The summed E-state index contributed by atoms with van der Waals surface area (Å²) >= 11 is 0. The van der Waals surface area contributed by atoms with E-state index in [0.29, 0.717) is 19.8 Å². The van der Waals surface area contributed by atoms with E-state index in [0.717, 1.165) is 12.3 Å². The summed E-state index contributed by atoms with van der Waals surface area (Å²) in [6.45, 7) is 1.18. The van der Waals surface area contributed by atoms with Crippen LogP contribution in [0.3, 0.4) is 0 Å². The van der Waals surface area contributed by atoms with Gasteiger partial charge in [-0.1, -0.05) is 19.3 Å². The number of ether oxygens (including phenoxy) is 2. The van der Waals surface area contributed by atoms with Crippen LogP contribution in [0, 0.1) is 11.8 Å². The topological polar surface area (TPSA) is 79.2 Å². The van der Waals surface area contributed by atoms with Crippen molar-refractivity contribution in [2.24, 2.45) is 11.8 Å². The third-order valence-corrected chi connectivity index (χ3v) is 4.15. The summed E-state index contributed by atoms with van der Waals surface area (Å²) in [4.78, 5) is 0. The number of hydrogen-bond donors (Lipinski definition) is 3. The van der Waals surface area contributed by atoms with Crippen molar-refractivity contribution >= 4 is 0 Å². The lowest BCUT2D eigenvalue weighted by Gasteiger charge is -2.36. The zero-order valence-electron chi connectivity index (χ0n) is 10.7. The fourth-order valence-corrected chi connectivity index (χ4v) is 2.52. The highest BCUT2D eigenvalue weighted by atomic mass is 16.5. The first-order chi connectivity index (χ1) is 8.72. The van der Waals surface area contributed by atoms with Gasteiger partial charge in [0.1, 0.15) is 12.2 Å². The van der Waals surface area contributed by atoms with Gasteiger partial charge in [0.25, 0.3) is 0 Å². The highest BCUT2D eigenvalue weighted by molar-refractivity contribution is 4.86. The molecule has 18 heavy (non-hydrogen) atoms. The van der Waals surface area contributed by atoms with Crippen LogP contribution < -0.4 is 0 Å². The molecule has 3 N–H and O–H groups in total. The van der Waals surface area contributed by atoms with Gasteiger partial charge in [0.05, 0.1) is 25.9 Å². The maximum Gasteiger partial charge on any atom is 0.109 e. The van der Waals surface area contributed by atoms with Gasteiger partial charge in [-0.3, -0.25) is 0 Å². The van der Waals surface area contributed by atoms with Crippen molar-refractivity contribution in [2.45, 2.75) is 44.0 Å². The summed E-state index contributed by atoms with van der Waals surface area (Å²) in [5, 5.41) is 28.5. The van der Waals surface area contributed by atoms with Crippen molar-refractivity contribution in [3.8, 4) is 0 Å². The lowest BCUT2D eigenvalue weighted by atomic mass is 9.83. The van der Waals surface area contributed by atoms with E-state index in [1.807, 2.05) is 0 Å². The molecule has 0 aromatic rings. The molecule has 0 amide bonds. The van der Waals surface area contributed by atoms with Crippen LogP contribution in [0.15, 0.2) is 0 Å². The Bertz CT molecular complexity index is 244. The van der Waals surface area contributed by atoms with Crippen LogP contribution in [0.2, 0.25) is 0 Å². The fraction of sp³-hybridized carbons (Fsp3) is 1.00. The second kappa shape index (κ2) is 6.82. The fourth-order valence-electron chi connectivity index (χ4n) is 2.52. The molecule has 0 bridgehead atoms. The normalized spacial score (nSPS) is 37.5. The average molecular weight is 260 g/mol. The second-order valence-corrected chi connectivity index (χ2v) is 5.46. The van der Waals surface area contributed by atoms with Crippen molar-refractivity contribution in [2.75, 3.05) is 26.4 Å². The number of aliphatic hydroxyl groups excluding tert-OH is 3. The summed E-state index contributed by atoms with van der Waals surface area (Å²) < 4.78 is 10.8. The monoisotopic (exact) mass is 260 g/mol. The van der Waals surface area contributed by atoms with Gasteiger partial charge in [-0.15, -0.1) is 0 Å². The molecule has 1 aliphatic carbocycles. The third kappa shape index (κ3) is 3.42. The molecule has 0 unspecified atom stereocenters. The van der Waals surface area contributed by atoms with Crippen LogP contribution in [0.5, 0.6) is 0 Å². The maximum absolute atomic E-state index is 9.88. The van der Waals surface area contributed by atoms with E-state index in [2.05, 4.69) is 0 Å². The minimum absolute atomic E-state index is 0.204. The molecule has 5 nitrogen and oxygen atoms in total. The molecule has 1 saturated carbocycles. The highest BCUT2D eigenvalue weighted by Crippen LogP contribution is 2.29. The Morgan fingerprint density at radius 3 is 2.56 bits per heavy atom. The number of aliphatic hydroxyl groups is 3. The SMILES string of the molecule is OC[C@H]1OC[C@@H](COCCC2CCC2)[C@@H](O)[C@H]1O. The molecule has 4 atom stereocenters. The van der Waals surface area contributed by atoms with Crippen molar-refractivity contribution in [1.82, 2.24) is 0 Å². The molecule has 106 valence electrons. The van der Waals surface area contributed by atoms with E-state index in [1.165, 1.54) is 19.3 Å². The molecule has 0 radical (unpaired) electrons. The van der Waals surface area contributed by atoms with Gasteiger partial charge < -0.3 is 24.8 Å². The first-order valence-corrected chi connectivity index (χ1v) is 6.88. The van der Waals surface area contributed by atoms with Crippen molar-refractivity contribution in [1.29, 1.82) is 0 Å². The molecule has 0 aromatic carbocycles. The van der Waals surface area contributed by atoms with E-state index >= 15 is 0 Å². The summed E-state index contributed by atoms with van der Waals surface area (Å²) in [5.74, 6) is 0.617. The van der Waals surface area contributed by atoms with E-state index in [1.54, 1.807) is 0 Å². The minimum atomic E-state index is -1.02. The largest absolute Gasteiger partial charge is 0.394 e. The van der Waals surface area contributed by atoms with E-state index in [-0.39, 0.29) is 12.5 Å². The smallest absolute Gasteiger partial charge is 0.109 e. The number of hydrogen-bond acceptors (Lipinski definition) is 5. The lowest BCUT2D eigenvalue weighted by Crippen LogP contribution is -2.52. The summed E-state index contributed by atoms with van der Waals surface area (Å²) in [6.07, 6.45) is 2.49. The summed E-state index contributed by atoms with van der Waals surface area (Å²) in [7, 11) is 0.